The van der Waals surface area contributed by atoms with E-state index in [1.165, 1.54) is 0 Å². The highest BCUT2D eigenvalue weighted by molar-refractivity contribution is 7.80. The molecule has 0 aliphatic rings. The second-order valence-electron chi connectivity index (χ2n) is 6.18. The van der Waals surface area contributed by atoms with E-state index in [9.17, 15) is 9.59 Å². The Balaban J connectivity index is 1.81. The molecule has 0 spiro atoms. The number of hydrogen-bond acceptors (Lipinski definition) is 5. The van der Waals surface area contributed by atoms with Crippen molar-refractivity contribution in [1.29, 1.82) is 0 Å². The van der Waals surface area contributed by atoms with Crippen molar-refractivity contribution >= 4 is 29.1 Å². The first-order valence-electron chi connectivity index (χ1n) is 8.91. The molecule has 0 aliphatic carbocycles. The molecule has 7 nitrogen and oxygen atoms in total. The Labute approximate surface area is 175 Å². The van der Waals surface area contributed by atoms with Gasteiger partial charge >= 0.3 is 0 Å². The van der Waals surface area contributed by atoms with Crippen molar-refractivity contribution in [3.63, 3.8) is 0 Å². The van der Waals surface area contributed by atoms with Crippen molar-refractivity contribution in [2.75, 3.05) is 6.61 Å². The molecular weight excluding hydrogens is 390 g/mol. The monoisotopic (exact) mass is 413 g/mol. The summed E-state index contributed by atoms with van der Waals surface area (Å²) < 4.78 is 10.9. The molecule has 0 aromatic heterocycles. The third-order valence-corrected chi connectivity index (χ3v) is 3.69. The molecule has 0 atom stereocenters. The van der Waals surface area contributed by atoms with E-state index < -0.39 is 11.8 Å². The smallest absolute Gasteiger partial charge is 0.269 e. The van der Waals surface area contributed by atoms with Gasteiger partial charge in [-0.3, -0.25) is 25.8 Å². The van der Waals surface area contributed by atoms with Crippen molar-refractivity contribution in [2.24, 2.45) is 0 Å². The van der Waals surface area contributed by atoms with Gasteiger partial charge in [-0.2, -0.15) is 0 Å². The molecule has 2 aromatic carbocycles. The van der Waals surface area contributed by atoms with Crippen molar-refractivity contribution < 1.29 is 19.1 Å². The molecule has 0 radical (unpaired) electrons. The summed E-state index contributed by atoms with van der Waals surface area (Å²) in [4.78, 5) is 24.4. The molecular formula is C21H23N3O4S. The van der Waals surface area contributed by atoms with Crippen LogP contribution in [-0.2, 0) is 0 Å². The number of amides is 2. The predicted molar refractivity (Wildman–Crippen MR) is 115 cm³/mol. The number of hydrogen-bond donors (Lipinski definition) is 3. The van der Waals surface area contributed by atoms with Gasteiger partial charge in [0.15, 0.2) is 5.11 Å². The van der Waals surface area contributed by atoms with Crippen molar-refractivity contribution in [3.05, 3.63) is 72.3 Å². The lowest BCUT2D eigenvalue weighted by Crippen LogP contribution is -2.48. The highest BCUT2D eigenvalue weighted by Gasteiger charge is 2.10. The lowest BCUT2D eigenvalue weighted by atomic mass is 10.2. The Morgan fingerprint density at radius 2 is 1.52 bits per heavy atom. The average Bonchev–Trinajstić information content (AvgIpc) is 2.71. The van der Waals surface area contributed by atoms with Gasteiger partial charge in [-0.25, -0.2) is 0 Å². The molecule has 8 heteroatoms. The van der Waals surface area contributed by atoms with Crippen LogP contribution in [0.15, 0.2) is 61.2 Å². The van der Waals surface area contributed by atoms with Crippen LogP contribution in [0.4, 0.5) is 0 Å². The van der Waals surface area contributed by atoms with Crippen molar-refractivity contribution in [1.82, 2.24) is 16.2 Å². The molecule has 152 valence electrons. The number of thiocarbonyl (C=S) groups is 1. The third-order valence-electron chi connectivity index (χ3n) is 3.49. The highest BCUT2D eigenvalue weighted by atomic mass is 32.1. The van der Waals surface area contributed by atoms with Gasteiger partial charge in [0, 0.05) is 11.1 Å². The first-order valence-corrected chi connectivity index (χ1v) is 9.32. The minimum atomic E-state index is -0.410. The summed E-state index contributed by atoms with van der Waals surface area (Å²) in [6.07, 6.45) is 1.68. The Bertz CT molecular complexity index is 864. The van der Waals surface area contributed by atoms with Gasteiger partial charge in [0.1, 0.15) is 18.1 Å². The minimum absolute atomic E-state index is 0.0307. The molecule has 2 aromatic rings. The Hall–Kier alpha value is -3.39. The fraction of sp³-hybridized carbons (Fsp3) is 0.190. The maximum atomic E-state index is 12.2. The summed E-state index contributed by atoms with van der Waals surface area (Å²) in [5, 5.41) is 2.46. The topological polar surface area (TPSA) is 88.7 Å². The fourth-order valence-corrected chi connectivity index (χ4v) is 2.35. The Kier molecular flexibility index (Phi) is 8.17. The molecule has 0 bridgehead atoms. The quantitative estimate of drug-likeness (QED) is 0.367. The summed E-state index contributed by atoms with van der Waals surface area (Å²) in [6.45, 7) is 7.80. The second-order valence-corrected chi connectivity index (χ2v) is 6.59. The van der Waals surface area contributed by atoms with Gasteiger partial charge in [-0.05, 0) is 74.6 Å². The fourth-order valence-electron chi connectivity index (χ4n) is 2.21. The molecule has 29 heavy (non-hydrogen) atoms. The molecule has 0 saturated carbocycles. The zero-order valence-electron chi connectivity index (χ0n) is 16.2. The zero-order chi connectivity index (χ0) is 21.2. The Morgan fingerprint density at radius 1 is 0.966 bits per heavy atom. The molecule has 0 saturated heterocycles. The van der Waals surface area contributed by atoms with Gasteiger partial charge in [0.25, 0.3) is 11.8 Å². The van der Waals surface area contributed by atoms with Crippen LogP contribution in [0.2, 0.25) is 0 Å². The standard InChI is InChI=1S/C21H23N3O4S/c1-4-13-27-17-9-5-16(6-10-17)20(26)23-24-21(29)22-19(25)15-7-11-18(12-8-15)28-14(2)3/h4-12,14H,1,13H2,2-3H3,(H,23,26)(H2,22,24,25,29). The third kappa shape index (κ3) is 7.27. The second kappa shape index (κ2) is 10.8. The predicted octanol–water partition coefficient (Wildman–Crippen LogP) is 2.99. The number of hydrazine groups is 1. The number of nitrogens with one attached hydrogen (secondary N) is 3. The first kappa shape index (κ1) is 21.9. The van der Waals surface area contributed by atoms with Crippen LogP contribution < -0.4 is 25.6 Å². The van der Waals surface area contributed by atoms with Gasteiger partial charge < -0.3 is 9.47 Å². The van der Waals surface area contributed by atoms with E-state index in [4.69, 9.17) is 21.7 Å². The number of carbonyl (C=O) groups excluding carboxylic acids is 2. The van der Waals surface area contributed by atoms with E-state index >= 15 is 0 Å². The van der Waals surface area contributed by atoms with Crippen LogP contribution in [-0.4, -0.2) is 29.6 Å². The van der Waals surface area contributed by atoms with Gasteiger partial charge in [-0.1, -0.05) is 12.7 Å². The van der Waals surface area contributed by atoms with Gasteiger partial charge in [0.2, 0.25) is 0 Å². The summed E-state index contributed by atoms with van der Waals surface area (Å²) >= 11 is 5.04. The van der Waals surface area contributed by atoms with E-state index in [2.05, 4.69) is 22.7 Å². The first-order chi connectivity index (χ1) is 13.9. The number of ether oxygens (including phenoxy) is 2. The van der Waals surface area contributed by atoms with Crippen LogP contribution in [0.5, 0.6) is 11.5 Å². The number of carbonyl (C=O) groups is 2. The normalized spacial score (nSPS) is 10.0. The molecule has 0 unspecified atom stereocenters. The highest BCUT2D eigenvalue weighted by Crippen LogP contribution is 2.14. The summed E-state index contributed by atoms with van der Waals surface area (Å²) in [7, 11) is 0. The van der Waals surface area contributed by atoms with Crippen molar-refractivity contribution in [3.8, 4) is 11.5 Å². The molecule has 0 fully saturated rings. The maximum absolute atomic E-state index is 12.2. The molecule has 0 heterocycles. The Morgan fingerprint density at radius 3 is 2.07 bits per heavy atom. The lowest BCUT2D eigenvalue weighted by Gasteiger charge is -2.12. The molecule has 2 rings (SSSR count). The average molecular weight is 413 g/mol. The number of rotatable bonds is 7. The largest absolute Gasteiger partial charge is 0.491 e. The lowest BCUT2D eigenvalue weighted by molar-refractivity contribution is 0.0934. The minimum Gasteiger partial charge on any atom is -0.491 e. The van der Waals surface area contributed by atoms with Crippen LogP contribution in [0.1, 0.15) is 34.6 Å². The SMILES string of the molecule is C=CCOc1ccc(C(=O)NNC(=S)NC(=O)c2ccc(OC(C)C)cc2)cc1. The van der Waals surface area contributed by atoms with E-state index in [1.807, 2.05) is 13.8 Å². The van der Waals surface area contributed by atoms with Crippen LogP contribution in [0.3, 0.4) is 0 Å². The van der Waals surface area contributed by atoms with Crippen molar-refractivity contribution in [2.45, 2.75) is 20.0 Å². The van der Waals surface area contributed by atoms with Gasteiger partial charge in [0.05, 0.1) is 6.10 Å². The van der Waals surface area contributed by atoms with Crippen LogP contribution >= 0.6 is 12.2 Å². The van der Waals surface area contributed by atoms with E-state index in [-0.39, 0.29) is 11.2 Å². The molecule has 2 amide bonds. The van der Waals surface area contributed by atoms with Crippen LogP contribution in [0.25, 0.3) is 0 Å². The summed E-state index contributed by atoms with van der Waals surface area (Å²) in [5.41, 5.74) is 5.74. The van der Waals surface area contributed by atoms with E-state index in [0.29, 0.717) is 29.2 Å². The zero-order valence-corrected chi connectivity index (χ0v) is 17.0. The molecule has 0 aliphatic heterocycles. The maximum Gasteiger partial charge on any atom is 0.269 e. The summed E-state index contributed by atoms with van der Waals surface area (Å²) in [5.74, 6) is 0.482. The van der Waals surface area contributed by atoms with E-state index in [0.717, 1.165) is 0 Å². The van der Waals surface area contributed by atoms with E-state index in [1.54, 1.807) is 54.6 Å². The van der Waals surface area contributed by atoms with Crippen LogP contribution in [0, 0.1) is 0 Å². The number of benzene rings is 2. The van der Waals surface area contributed by atoms with Gasteiger partial charge in [-0.15, -0.1) is 0 Å². The molecule has 3 N–H and O–H groups in total. The summed E-state index contributed by atoms with van der Waals surface area (Å²) in [6, 6.07) is 13.2.